The highest BCUT2D eigenvalue weighted by Crippen LogP contribution is 2.54. The van der Waals surface area contributed by atoms with Crippen molar-refractivity contribution in [1.82, 2.24) is 34.5 Å². The second kappa shape index (κ2) is 5.70. The van der Waals surface area contributed by atoms with E-state index in [2.05, 4.69) is 27.3 Å². The molecule has 0 unspecified atom stereocenters. The number of hydrogen-bond acceptors (Lipinski definition) is 5. The third-order valence-corrected chi connectivity index (χ3v) is 5.32. The first kappa shape index (κ1) is 16.1. The van der Waals surface area contributed by atoms with Crippen molar-refractivity contribution < 1.29 is 0 Å². The summed E-state index contributed by atoms with van der Waals surface area (Å²) in [7, 11) is 3.92. The van der Waals surface area contributed by atoms with Crippen molar-refractivity contribution in [3.8, 4) is 11.4 Å². The maximum absolute atomic E-state index is 4.82. The minimum absolute atomic E-state index is 0.452. The Labute approximate surface area is 157 Å². The van der Waals surface area contributed by atoms with E-state index in [0.29, 0.717) is 17.5 Å². The Morgan fingerprint density at radius 3 is 2.67 bits per heavy atom. The van der Waals surface area contributed by atoms with E-state index in [0.717, 1.165) is 40.3 Å². The van der Waals surface area contributed by atoms with Gasteiger partial charge in [-0.2, -0.15) is 10.2 Å². The van der Waals surface area contributed by atoms with Crippen LogP contribution in [0, 0.1) is 13.8 Å². The van der Waals surface area contributed by atoms with Gasteiger partial charge < -0.3 is 0 Å². The fourth-order valence-electron chi connectivity index (χ4n) is 3.87. The zero-order valence-electron chi connectivity index (χ0n) is 15.9. The van der Waals surface area contributed by atoms with Crippen molar-refractivity contribution >= 4 is 11.2 Å². The summed E-state index contributed by atoms with van der Waals surface area (Å²) in [6, 6.07) is 4.19. The van der Waals surface area contributed by atoms with Crippen molar-refractivity contribution in [3.05, 3.63) is 53.2 Å². The fraction of sp³-hybridized carbons (Fsp3) is 0.350. The summed E-state index contributed by atoms with van der Waals surface area (Å²) < 4.78 is 3.76. The summed E-state index contributed by atoms with van der Waals surface area (Å²) in [4.78, 5) is 13.8. The van der Waals surface area contributed by atoms with E-state index in [9.17, 15) is 0 Å². The fourth-order valence-corrected chi connectivity index (χ4v) is 3.87. The second-order valence-electron chi connectivity index (χ2n) is 7.48. The molecule has 1 aliphatic carbocycles. The van der Waals surface area contributed by atoms with E-state index in [1.54, 1.807) is 6.20 Å². The molecule has 7 heteroatoms. The van der Waals surface area contributed by atoms with Crippen LogP contribution in [0.25, 0.3) is 22.6 Å². The van der Waals surface area contributed by atoms with Gasteiger partial charge >= 0.3 is 0 Å². The zero-order valence-corrected chi connectivity index (χ0v) is 15.9. The van der Waals surface area contributed by atoms with Crippen LogP contribution < -0.4 is 0 Å². The van der Waals surface area contributed by atoms with E-state index < -0.39 is 0 Å². The Morgan fingerprint density at radius 2 is 1.89 bits per heavy atom. The summed E-state index contributed by atoms with van der Waals surface area (Å²) in [5, 5.41) is 9.04. The number of aromatic nitrogens is 7. The monoisotopic (exact) mass is 359 g/mol. The first-order valence-electron chi connectivity index (χ1n) is 9.13. The molecule has 5 rings (SSSR count). The second-order valence-corrected chi connectivity index (χ2v) is 7.48. The highest BCUT2D eigenvalue weighted by atomic mass is 15.3. The predicted molar refractivity (Wildman–Crippen MR) is 102 cm³/mol. The molecule has 0 aromatic carbocycles. The Hall–Kier alpha value is -3.09. The van der Waals surface area contributed by atoms with Crippen LogP contribution in [0.3, 0.4) is 0 Å². The number of aryl methyl sites for hydroxylation is 4. The third-order valence-electron chi connectivity index (χ3n) is 5.32. The Balaban J connectivity index is 1.49. The molecule has 0 N–H and O–H groups in total. The molecule has 1 saturated carbocycles. The van der Waals surface area contributed by atoms with Crippen molar-refractivity contribution in [2.75, 3.05) is 0 Å². The topological polar surface area (TPSA) is 74.3 Å². The molecule has 0 aliphatic heterocycles. The molecule has 27 heavy (non-hydrogen) atoms. The molecule has 4 aromatic rings. The zero-order chi connectivity index (χ0) is 18.7. The normalized spacial score (nSPS) is 19.0. The summed E-state index contributed by atoms with van der Waals surface area (Å²) >= 11 is 0. The first-order valence-corrected chi connectivity index (χ1v) is 9.13. The van der Waals surface area contributed by atoms with Gasteiger partial charge in [-0.25, -0.2) is 15.0 Å². The van der Waals surface area contributed by atoms with Gasteiger partial charge in [-0.3, -0.25) is 9.36 Å². The van der Waals surface area contributed by atoms with Crippen LogP contribution in [0.4, 0.5) is 0 Å². The summed E-state index contributed by atoms with van der Waals surface area (Å²) in [5.74, 6) is 0.965. The molecule has 0 radical (unpaired) electrons. The van der Waals surface area contributed by atoms with E-state index in [1.165, 1.54) is 5.56 Å². The largest absolute Gasteiger partial charge is 0.276 e. The molecule has 4 heterocycles. The molecule has 4 aromatic heterocycles. The average Bonchev–Trinajstić information content (AvgIpc) is 3.16. The molecule has 7 nitrogen and oxygen atoms in total. The van der Waals surface area contributed by atoms with Gasteiger partial charge in [0, 0.05) is 31.9 Å². The number of pyridine rings is 1. The van der Waals surface area contributed by atoms with E-state index in [4.69, 9.17) is 10.1 Å². The smallest absolute Gasteiger partial charge is 0.178 e. The van der Waals surface area contributed by atoms with Crippen molar-refractivity contribution in [1.29, 1.82) is 0 Å². The van der Waals surface area contributed by atoms with E-state index in [1.807, 2.05) is 49.6 Å². The maximum atomic E-state index is 4.82. The standard InChI is InChI=1S/C20H21N7/c1-11-5-12(2)23-20-19(11)24-17(9-21-20)18-7-16(25-27(18)4)15-6-14(15)13-8-22-26(3)10-13/h5,7-10,14-15H,6H2,1-4H3/t14-,15+/m1/s1. The van der Waals surface area contributed by atoms with Crippen LogP contribution in [0.15, 0.2) is 30.7 Å². The lowest BCUT2D eigenvalue weighted by atomic mass is 10.1. The molecule has 1 fully saturated rings. The summed E-state index contributed by atoms with van der Waals surface area (Å²) in [6.07, 6.45) is 6.97. The van der Waals surface area contributed by atoms with Crippen LogP contribution in [-0.4, -0.2) is 34.5 Å². The van der Waals surface area contributed by atoms with Gasteiger partial charge in [0.05, 0.1) is 23.8 Å². The summed E-state index contributed by atoms with van der Waals surface area (Å²) in [6.45, 7) is 4.02. The minimum Gasteiger partial charge on any atom is -0.276 e. The highest BCUT2D eigenvalue weighted by Gasteiger charge is 2.42. The first-order chi connectivity index (χ1) is 13.0. The molecule has 136 valence electrons. The molecule has 0 amide bonds. The molecule has 2 atom stereocenters. The molecular formula is C20H21N7. The molecule has 0 saturated heterocycles. The van der Waals surface area contributed by atoms with Gasteiger partial charge in [-0.1, -0.05) is 0 Å². The van der Waals surface area contributed by atoms with Crippen LogP contribution in [0.1, 0.15) is 40.8 Å². The lowest BCUT2D eigenvalue weighted by Crippen LogP contribution is -1.99. The number of rotatable bonds is 3. The third kappa shape index (κ3) is 2.70. The Bertz CT molecular complexity index is 1170. The minimum atomic E-state index is 0.452. The van der Waals surface area contributed by atoms with Gasteiger partial charge in [0.2, 0.25) is 0 Å². The Morgan fingerprint density at radius 1 is 1.04 bits per heavy atom. The quantitative estimate of drug-likeness (QED) is 0.562. The molecule has 0 bridgehead atoms. The van der Waals surface area contributed by atoms with Crippen molar-refractivity contribution in [3.63, 3.8) is 0 Å². The number of nitrogens with zero attached hydrogens (tertiary/aromatic N) is 7. The molecule has 0 spiro atoms. The van der Waals surface area contributed by atoms with Gasteiger partial charge in [0.15, 0.2) is 5.65 Å². The van der Waals surface area contributed by atoms with Gasteiger partial charge in [-0.15, -0.1) is 0 Å². The van der Waals surface area contributed by atoms with Crippen LogP contribution in [-0.2, 0) is 14.1 Å². The van der Waals surface area contributed by atoms with Crippen LogP contribution in [0.2, 0.25) is 0 Å². The predicted octanol–water partition coefficient (Wildman–Crippen LogP) is 3.05. The highest BCUT2D eigenvalue weighted by molar-refractivity contribution is 5.76. The molecular weight excluding hydrogens is 338 g/mol. The maximum Gasteiger partial charge on any atom is 0.178 e. The average molecular weight is 359 g/mol. The van der Waals surface area contributed by atoms with Gasteiger partial charge in [0.25, 0.3) is 0 Å². The lowest BCUT2D eigenvalue weighted by molar-refractivity contribution is 0.745. The number of fused-ring (bicyclic) bond motifs is 1. The van der Waals surface area contributed by atoms with Crippen molar-refractivity contribution in [2.45, 2.75) is 32.1 Å². The lowest BCUT2D eigenvalue weighted by Gasteiger charge is -2.05. The summed E-state index contributed by atoms with van der Waals surface area (Å²) in [5.41, 5.74) is 7.80. The van der Waals surface area contributed by atoms with E-state index in [-0.39, 0.29) is 0 Å². The van der Waals surface area contributed by atoms with Gasteiger partial charge in [0.1, 0.15) is 11.2 Å². The Kier molecular flexibility index (Phi) is 3.40. The van der Waals surface area contributed by atoms with Crippen molar-refractivity contribution in [2.24, 2.45) is 14.1 Å². The van der Waals surface area contributed by atoms with Crippen LogP contribution >= 0.6 is 0 Å². The SMILES string of the molecule is Cc1cc(C)c2nc(-c3cc([C@H]4C[C@@H]4c4cnn(C)c4)nn3C)cnc2n1. The number of hydrogen-bond donors (Lipinski definition) is 0. The van der Waals surface area contributed by atoms with Crippen LogP contribution in [0.5, 0.6) is 0 Å². The molecule has 1 aliphatic rings. The van der Waals surface area contributed by atoms with E-state index >= 15 is 0 Å². The van der Waals surface area contributed by atoms with Gasteiger partial charge in [-0.05, 0) is 49.4 Å².